The standard InChI is InChI=1S/C25H42O2/c1-4-26-20-22(2,3)10-17-25(20)9-6-5-7-19(25)8-18-27-21-23(11-12-23)15-16-24(21)13-14-24/h19-21H,4-18H2,1-3H3. The first-order chi connectivity index (χ1) is 13.0. The van der Waals surface area contributed by atoms with Crippen molar-refractivity contribution in [2.24, 2.45) is 27.6 Å². The Labute approximate surface area is 167 Å². The maximum Gasteiger partial charge on any atom is 0.0687 e. The topological polar surface area (TPSA) is 18.5 Å². The van der Waals surface area contributed by atoms with Gasteiger partial charge in [-0.25, -0.2) is 0 Å². The summed E-state index contributed by atoms with van der Waals surface area (Å²) in [6, 6.07) is 0. The molecule has 5 aliphatic carbocycles. The first-order valence-corrected chi connectivity index (χ1v) is 12.2. The first kappa shape index (κ1) is 18.9. The predicted molar refractivity (Wildman–Crippen MR) is 110 cm³/mol. The fourth-order valence-corrected chi connectivity index (χ4v) is 8.03. The molecule has 5 rings (SSSR count). The molecule has 5 aliphatic rings. The fraction of sp³-hybridized carbons (Fsp3) is 1.00. The molecule has 0 aromatic heterocycles. The highest BCUT2D eigenvalue weighted by Crippen LogP contribution is 2.72. The average Bonchev–Trinajstić information content (AvgIpc) is 3.54. The third-order valence-corrected chi connectivity index (χ3v) is 9.83. The van der Waals surface area contributed by atoms with E-state index in [4.69, 9.17) is 9.47 Å². The molecule has 0 aliphatic heterocycles. The molecule has 0 heterocycles. The Hall–Kier alpha value is -0.0800. The molecule has 0 amide bonds. The maximum atomic E-state index is 6.77. The minimum atomic E-state index is 0.341. The van der Waals surface area contributed by atoms with Crippen molar-refractivity contribution in [3.05, 3.63) is 0 Å². The van der Waals surface area contributed by atoms with Gasteiger partial charge in [-0.15, -0.1) is 0 Å². The average molecular weight is 375 g/mol. The highest BCUT2D eigenvalue weighted by Gasteiger charge is 2.67. The molecule has 5 fully saturated rings. The van der Waals surface area contributed by atoms with E-state index in [0.29, 0.717) is 33.9 Å². The molecule has 0 aromatic carbocycles. The highest BCUT2D eigenvalue weighted by molar-refractivity contribution is 5.17. The summed E-state index contributed by atoms with van der Waals surface area (Å²) in [4.78, 5) is 0. The Morgan fingerprint density at radius 3 is 2.04 bits per heavy atom. The molecular weight excluding hydrogens is 332 g/mol. The molecule has 3 atom stereocenters. The van der Waals surface area contributed by atoms with Gasteiger partial charge in [0.15, 0.2) is 0 Å². The molecule has 154 valence electrons. The van der Waals surface area contributed by atoms with Crippen LogP contribution in [0.25, 0.3) is 0 Å². The van der Waals surface area contributed by atoms with Crippen LogP contribution in [-0.2, 0) is 9.47 Å². The second-order valence-electron chi connectivity index (χ2n) is 11.8. The van der Waals surface area contributed by atoms with E-state index in [1.54, 1.807) is 0 Å². The molecule has 2 nitrogen and oxygen atoms in total. The molecule has 0 radical (unpaired) electrons. The van der Waals surface area contributed by atoms with Crippen molar-refractivity contribution >= 4 is 0 Å². The Morgan fingerprint density at radius 2 is 1.41 bits per heavy atom. The van der Waals surface area contributed by atoms with E-state index in [9.17, 15) is 0 Å². The Morgan fingerprint density at radius 1 is 0.741 bits per heavy atom. The van der Waals surface area contributed by atoms with Crippen LogP contribution in [0.1, 0.15) is 104 Å². The Kier molecular flexibility index (Phi) is 4.53. The summed E-state index contributed by atoms with van der Waals surface area (Å²) in [5.74, 6) is 0.816. The zero-order chi connectivity index (χ0) is 18.8. The molecular formula is C25H42O2. The van der Waals surface area contributed by atoms with Crippen molar-refractivity contribution in [3.8, 4) is 0 Å². The van der Waals surface area contributed by atoms with E-state index in [0.717, 1.165) is 19.1 Å². The third-order valence-electron chi connectivity index (χ3n) is 9.83. The minimum absolute atomic E-state index is 0.341. The van der Waals surface area contributed by atoms with Gasteiger partial charge in [-0.05, 0) is 99.7 Å². The molecule has 3 spiro atoms. The van der Waals surface area contributed by atoms with Crippen LogP contribution in [-0.4, -0.2) is 25.4 Å². The van der Waals surface area contributed by atoms with Crippen molar-refractivity contribution in [3.63, 3.8) is 0 Å². The summed E-state index contributed by atoms with van der Waals surface area (Å²) >= 11 is 0. The molecule has 0 aromatic rings. The van der Waals surface area contributed by atoms with E-state index in [-0.39, 0.29) is 0 Å². The molecule has 3 unspecified atom stereocenters. The van der Waals surface area contributed by atoms with Gasteiger partial charge in [-0.1, -0.05) is 26.7 Å². The summed E-state index contributed by atoms with van der Waals surface area (Å²) in [5, 5.41) is 0. The lowest BCUT2D eigenvalue weighted by Crippen LogP contribution is -2.46. The number of ether oxygens (including phenoxy) is 2. The second-order valence-corrected chi connectivity index (χ2v) is 11.8. The third kappa shape index (κ3) is 2.95. The van der Waals surface area contributed by atoms with Crippen LogP contribution in [0.15, 0.2) is 0 Å². The monoisotopic (exact) mass is 374 g/mol. The van der Waals surface area contributed by atoms with E-state index >= 15 is 0 Å². The van der Waals surface area contributed by atoms with Crippen molar-refractivity contribution in [1.82, 2.24) is 0 Å². The summed E-state index contributed by atoms with van der Waals surface area (Å²) in [6.07, 6.45) is 19.4. The van der Waals surface area contributed by atoms with Crippen LogP contribution < -0.4 is 0 Å². The van der Waals surface area contributed by atoms with Crippen molar-refractivity contribution in [1.29, 1.82) is 0 Å². The summed E-state index contributed by atoms with van der Waals surface area (Å²) < 4.78 is 13.2. The summed E-state index contributed by atoms with van der Waals surface area (Å²) in [5.41, 5.74) is 2.04. The zero-order valence-electron chi connectivity index (χ0n) is 18.2. The molecule has 0 N–H and O–H groups in total. The van der Waals surface area contributed by atoms with Gasteiger partial charge >= 0.3 is 0 Å². The molecule has 5 saturated carbocycles. The van der Waals surface area contributed by atoms with Gasteiger partial charge in [0.2, 0.25) is 0 Å². The Bertz CT molecular complexity index is 539. The SMILES string of the molecule is CCOC1C(C)(C)CCC12CCCCC2CCOC1C2(CC2)CCC12CC2. The predicted octanol–water partition coefficient (Wildman–Crippen LogP) is 6.52. The normalized spacial score (nSPS) is 41.0. The molecule has 0 saturated heterocycles. The summed E-state index contributed by atoms with van der Waals surface area (Å²) in [6.45, 7) is 8.98. The van der Waals surface area contributed by atoms with E-state index in [1.807, 2.05) is 0 Å². The minimum Gasteiger partial charge on any atom is -0.377 e. The van der Waals surface area contributed by atoms with Crippen LogP contribution in [0, 0.1) is 27.6 Å². The van der Waals surface area contributed by atoms with Crippen LogP contribution in [0.4, 0.5) is 0 Å². The first-order valence-electron chi connectivity index (χ1n) is 12.2. The van der Waals surface area contributed by atoms with Gasteiger partial charge in [0.25, 0.3) is 0 Å². The smallest absolute Gasteiger partial charge is 0.0687 e. The van der Waals surface area contributed by atoms with Crippen LogP contribution in [0.2, 0.25) is 0 Å². The largest absolute Gasteiger partial charge is 0.377 e. The van der Waals surface area contributed by atoms with E-state index in [2.05, 4.69) is 20.8 Å². The van der Waals surface area contributed by atoms with Crippen molar-refractivity contribution in [2.75, 3.05) is 13.2 Å². The van der Waals surface area contributed by atoms with Gasteiger partial charge in [0, 0.05) is 18.6 Å². The lowest BCUT2D eigenvalue weighted by Gasteiger charge is -2.48. The molecule has 27 heavy (non-hydrogen) atoms. The maximum absolute atomic E-state index is 6.77. The number of hydrogen-bond donors (Lipinski definition) is 0. The van der Waals surface area contributed by atoms with Crippen molar-refractivity contribution in [2.45, 2.75) is 116 Å². The number of rotatable bonds is 6. The van der Waals surface area contributed by atoms with Gasteiger partial charge in [0.1, 0.15) is 0 Å². The quantitative estimate of drug-likeness (QED) is 0.527. The Balaban J connectivity index is 1.26. The van der Waals surface area contributed by atoms with E-state index < -0.39 is 0 Å². The molecule has 2 heteroatoms. The second kappa shape index (κ2) is 6.46. The van der Waals surface area contributed by atoms with Crippen molar-refractivity contribution < 1.29 is 9.47 Å². The van der Waals surface area contributed by atoms with Gasteiger partial charge in [0.05, 0.1) is 12.2 Å². The van der Waals surface area contributed by atoms with Gasteiger partial charge in [-0.3, -0.25) is 0 Å². The van der Waals surface area contributed by atoms with Gasteiger partial charge in [-0.2, -0.15) is 0 Å². The van der Waals surface area contributed by atoms with Crippen LogP contribution in [0.5, 0.6) is 0 Å². The molecule has 0 bridgehead atoms. The lowest BCUT2D eigenvalue weighted by atomic mass is 9.61. The van der Waals surface area contributed by atoms with Crippen LogP contribution in [0.3, 0.4) is 0 Å². The lowest BCUT2D eigenvalue weighted by molar-refractivity contribution is -0.112. The summed E-state index contributed by atoms with van der Waals surface area (Å²) in [7, 11) is 0. The van der Waals surface area contributed by atoms with Gasteiger partial charge < -0.3 is 9.47 Å². The zero-order valence-corrected chi connectivity index (χ0v) is 18.2. The number of hydrogen-bond acceptors (Lipinski definition) is 2. The highest BCUT2D eigenvalue weighted by atomic mass is 16.5. The van der Waals surface area contributed by atoms with E-state index in [1.165, 1.54) is 83.5 Å². The fourth-order valence-electron chi connectivity index (χ4n) is 8.03. The van der Waals surface area contributed by atoms with Crippen LogP contribution >= 0.6 is 0 Å².